The van der Waals surface area contributed by atoms with Crippen LogP contribution in [0.15, 0.2) is 30.3 Å². The minimum atomic E-state index is -0.565. The molecule has 17 heavy (non-hydrogen) atoms. The molecule has 0 saturated carbocycles. The zero-order valence-electron chi connectivity index (χ0n) is 9.22. The number of hydrogen-bond acceptors (Lipinski definition) is 4. The number of carbonyl (C=O) groups is 1. The molecule has 0 aliphatic rings. The first-order valence-corrected chi connectivity index (χ1v) is 6.07. The first-order valence-electron chi connectivity index (χ1n) is 5.25. The first kappa shape index (κ1) is 11.6. The number of rotatable bonds is 4. The molecular formula is C12H13N3OS. The molecule has 88 valence electrons. The lowest BCUT2D eigenvalue weighted by atomic mass is 10.1. The molecule has 0 fully saturated rings. The Morgan fingerprint density at radius 3 is 2.53 bits per heavy atom. The summed E-state index contributed by atoms with van der Waals surface area (Å²) in [5, 5.41) is 1.25. The second-order valence-corrected chi connectivity index (χ2v) is 4.79. The Kier molecular flexibility index (Phi) is 3.39. The van der Waals surface area contributed by atoms with Crippen molar-refractivity contribution in [1.82, 2.24) is 4.98 Å². The number of anilines is 1. The molecule has 0 saturated heterocycles. The second kappa shape index (κ2) is 4.97. The monoisotopic (exact) mass is 247 g/mol. The minimum Gasteiger partial charge on any atom is -0.389 e. The molecule has 0 aliphatic heterocycles. The van der Waals surface area contributed by atoms with Gasteiger partial charge in [0.15, 0.2) is 5.69 Å². The Morgan fingerprint density at radius 1 is 1.24 bits per heavy atom. The van der Waals surface area contributed by atoms with E-state index in [9.17, 15) is 4.79 Å². The highest BCUT2D eigenvalue weighted by atomic mass is 32.1. The summed E-state index contributed by atoms with van der Waals surface area (Å²) in [6, 6.07) is 10.1. The van der Waals surface area contributed by atoms with Crippen LogP contribution >= 0.6 is 11.3 Å². The van der Waals surface area contributed by atoms with Crippen molar-refractivity contribution in [2.75, 3.05) is 5.73 Å². The van der Waals surface area contributed by atoms with Gasteiger partial charge in [0, 0.05) is 6.42 Å². The van der Waals surface area contributed by atoms with Gasteiger partial charge in [0.1, 0.15) is 5.00 Å². The smallest absolute Gasteiger partial charge is 0.270 e. The van der Waals surface area contributed by atoms with Crippen molar-refractivity contribution in [2.24, 2.45) is 5.73 Å². The summed E-state index contributed by atoms with van der Waals surface area (Å²) in [6.45, 7) is 0. The summed E-state index contributed by atoms with van der Waals surface area (Å²) in [7, 11) is 0. The van der Waals surface area contributed by atoms with E-state index in [0.717, 1.165) is 17.8 Å². The van der Waals surface area contributed by atoms with E-state index in [1.807, 2.05) is 18.2 Å². The van der Waals surface area contributed by atoms with E-state index in [1.165, 1.54) is 16.9 Å². The molecule has 0 unspecified atom stereocenters. The lowest BCUT2D eigenvalue weighted by molar-refractivity contribution is 0.0997. The normalized spacial score (nSPS) is 10.4. The van der Waals surface area contributed by atoms with E-state index in [-0.39, 0.29) is 5.69 Å². The molecule has 0 aliphatic carbocycles. The minimum absolute atomic E-state index is 0.193. The summed E-state index contributed by atoms with van der Waals surface area (Å²) in [5.41, 5.74) is 12.3. The molecule has 0 radical (unpaired) electrons. The Labute approximate surface area is 103 Å². The number of primary amides is 1. The van der Waals surface area contributed by atoms with Crippen LogP contribution in [0.3, 0.4) is 0 Å². The van der Waals surface area contributed by atoms with Crippen molar-refractivity contribution >= 4 is 22.2 Å². The summed E-state index contributed by atoms with van der Waals surface area (Å²) in [5.74, 6) is -0.565. The Balaban J connectivity index is 2.05. The second-order valence-electron chi connectivity index (χ2n) is 3.67. The maximum absolute atomic E-state index is 11.0. The standard InChI is InChI=1S/C12H13N3OS/c13-11(16)10-12(14)17-9(15-10)7-6-8-4-2-1-3-5-8/h1-5H,6-7,14H2,(H2,13,16). The molecule has 4 nitrogen and oxygen atoms in total. The van der Waals surface area contributed by atoms with Gasteiger partial charge in [0.25, 0.3) is 5.91 Å². The van der Waals surface area contributed by atoms with Crippen LogP contribution in [0.2, 0.25) is 0 Å². The largest absolute Gasteiger partial charge is 0.389 e. The number of aromatic nitrogens is 1. The van der Waals surface area contributed by atoms with Gasteiger partial charge in [-0.15, -0.1) is 11.3 Å². The van der Waals surface area contributed by atoms with Gasteiger partial charge < -0.3 is 11.5 Å². The van der Waals surface area contributed by atoms with Gasteiger partial charge in [-0.3, -0.25) is 4.79 Å². The quantitative estimate of drug-likeness (QED) is 0.861. The molecule has 1 aromatic heterocycles. The molecule has 1 heterocycles. The maximum atomic E-state index is 11.0. The lowest BCUT2D eigenvalue weighted by Gasteiger charge is -1.97. The van der Waals surface area contributed by atoms with Gasteiger partial charge in [-0.05, 0) is 12.0 Å². The van der Waals surface area contributed by atoms with Crippen molar-refractivity contribution in [2.45, 2.75) is 12.8 Å². The van der Waals surface area contributed by atoms with Crippen LogP contribution in [0.1, 0.15) is 21.1 Å². The highest BCUT2D eigenvalue weighted by molar-refractivity contribution is 7.15. The summed E-state index contributed by atoms with van der Waals surface area (Å²) < 4.78 is 0. The maximum Gasteiger partial charge on any atom is 0.270 e. The van der Waals surface area contributed by atoms with Gasteiger partial charge in [0.2, 0.25) is 0 Å². The van der Waals surface area contributed by atoms with E-state index >= 15 is 0 Å². The molecule has 2 rings (SSSR count). The van der Waals surface area contributed by atoms with Crippen LogP contribution in [0.5, 0.6) is 0 Å². The zero-order valence-corrected chi connectivity index (χ0v) is 10.0. The van der Waals surface area contributed by atoms with E-state index < -0.39 is 5.91 Å². The van der Waals surface area contributed by atoms with Crippen molar-refractivity contribution in [1.29, 1.82) is 0 Å². The molecule has 0 bridgehead atoms. The van der Waals surface area contributed by atoms with Crippen LogP contribution in [0.4, 0.5) is 5.00 Å². The molecule has 2 aromatic rings. The van der Waals surface area contributed by atoms with Crippen LogP contribution in [-0.2, 0) is 12.8 Å². The van der Waals surface area contributed by atoms with E-state index in [1.54, 1.807) is 0 Å². The molecule has 1 aromatic carbocycles. The predicted molar refractivity (Wildman–Crippen MR) is 68.9 cm³/mol. The van der Waals surface area contributed by atoms with Crippen LogP contribution in [0, 0.1) is 0 Å². The third kappa shape index (κ3) is 2.82. The molecule has 1 amide bonds. The fraction of sp³-hybridized carbons (Fsp3) is 0.167. The zero-order chi connectivity index (χ0) is 12.3. The molecule has 4 N–H and O–H groups in total. The average molecular weight is 247 g/mol. The van der Waals surface area contributed by atoms with Gasteiger partial charge >= 0.3 is 0 Å². The summed E-state index contributed by atoms with van der Waals surface area (Å²) >= 11 is 1.33. The third-order valence-corrected chi connectivity index (χ3v) is 3.35. The van der Waals surface area contributed by atoms with E-state index in [0.29, 0.717) is 5.00 Å². The van der Waals surface area contributed by atoms with E-state index in [4.69, 9.17) is 11.5 Å². The number of nitrogens with zero attached hydrogens (tertiary/aromatic N) is 1. The van der Waals surface area contributed by atoms with Gasteiger partial charge in [0.05, 0.1) is 5.01 Å². The summed E-state index contributed by atoms with van der Waals surface area (Å²) in [6.07, 6.45) is 1.65. The summed E-state index contributed by atoms with van der Waals surface area (Å²) in [4.78, 5) is 15.1. The Bertz CT molecular complexity index is 522. The predicted octanol–water partition coefficient (Wildman–Crippen LogP) is 1.61. The average Bonchev–Trinajstić information content (AvgIpc) is 2.69. The van der Waals surface area contributed by atoms with Gasteiger partial charge in [-0.1, -0.05) is 30.3 Å². The molecular weight excluding hydrogens is 234 g/mol. The highest BCUT2D eigenvalue weighted by Crippen LogP contribution is 2.21. The van der Waals surface area contributed by atoms with E-state index in [2.05, 4.69) is 17.1 Å². The van der Waals surface area contributed by atoms with Crippen molar-refractivity contribution in [3.63, 3.8) is 0 Å². The van der Waals surface area contributed by atoms with Gasteiger partial charge in [-0.2, -0.15) is 0 Å². The van der Waals surface area contributed by atoms with Crippen molar-refractivity contribution < 1.29 is 4.79 Å². The fourth-order valence-corrected chi connectivity index (χ4v) is 2.40. The first-order chi connectivity index (χ1) is 8.16. The SMILES string of the molecule is NC(=O)c1nc(CCc2ccccc2)sc1N. The number of benzene rings is 1. The highest BCUT2D eigenvalue weighted by Gasteiger charge is 2.12. The molecule has 0 atom stereocenters. The van der Waals surface area contributed by atoms with Crippen molar-refractivity contribution in [3.05, 3.63) is 46.6 Å². The number of hydrogen-bond donors (Lipinski definition) is 2. The number of amides is 1. The Hall–Kier alpha value is -1.88. The fourth-order valence-electron chi connectivity index (χ4n) is 1.56. The Morgan fingerprint density at radius 2 is 1.94 bits per heavy atom. The molecule has 0 spiro atoms. The topological polar surface area (TPSA) is 82.0 Å². The van der Waals surface area contributed by atoms with Crippen molar-refractivity contribution in [3.8, 4) is 0 Å². The van der Waals surface area contributed by atoms with Crippen LogP contribution in [0.25, 0.3) is 0 Å². The number of nitrogen functional groups attached to an aromatic ring is 1. The number of aryl methyl sites for hydroxylation is 2. The third-order valence-electron chi connectivity index (χ3n) is 2.40. The number of thiazole rings is 1. The van der Waals surface area contributed by atoms with Crippen LogP contribution < -0.4 is 11.5 Å². The van der Waals surface area contributed by atoms with Gasteiger partial charge in [-0.25, -0.2) is 4.98 Å². The van der Waals surface area contributed by atoms with Crippen LogP contribution in [-0.4, -0.2) is 10.9 Å². The molecule has 5 heteroatoms. The number of nitrogens with two attached hydrogens (primary N) is 2. The number of carbonyl (C=O) groups excluding carboxylic acids is 1. The lowest BCUT2D eigenvalue weighted by Crippen LogP contribution is -2.13.